The van der Waals surface area contributed by atoms with Crippen molar-refractivity contribution in [3.8, 4) is 5.75 Å². The SMILES string of the molecule is O=C(O)COc1ccc(S(=O)(=O)N2CCC2)cc1. The van der Waals surface area contributed by atoms with Crippen molar-refractivity contribution in [1.82, 2.24) is 4.31 Å². The molecular formula is C11H13NO5S. The van der Waals surface area contributed by atoms with E-state index in [2.05, 4.69) is 0 Å². The van der Waals surface area contributed by atoms with Crippen LogP contribution in [-0.4, -0.2) is 43.5 Å². The van der Waals surface area contributed by atoms with Crippen LogP contribution < -0.4 is 4.74 Å². The molecule has 0 saturated carbocycles. The summed E-state index contributed by atoms with van der Waals surface area (Å²) in [6, 6.07) is 5.75. The maximum atomic E-state index is 12.0. The van der Waals surface area contributed by atoms with Gasteiger partial charge in [-0.1, -0.05) is 0 Å². The first-order valence-electron chi connectivity index (χ1n) is 5.45. The molecule has 1 fully saturated rings. The van der Waals surface area contributed by atoms with Gasteiger partial charge < -0.3 is 9.84 Å². The van der Waals surface area contributed by atoms with Gasteiger partial charge in [0, 0.05) is 13.1 Å². The molecule has 0 atom stereocenters. The topological polar surface area (TPSA) is 83.9 Å². The maximum absolute atomic E-state index is 12.0. The maximum Gasteiger partial charge on any atom is 0.341 e. The van der Waals surface area contributed by atoms with Crippen molar-refractivity contribution in [2.24, 2.45) is 0 Å². The van der Waals surface area contributed by atoms with Gasteiger partial charge in [-0.2, -0.15) is 4.31 Å². The van der Waals surface area contributed by atoms with Crippen LogP contribution in [0, 0.1) is 0 Å². The number of benzene rings is 1. The molecule has 1 heterocycles. The van der Waals surface area contributed by atoms with E-state index >= 15 is 0 Å². The minimum Gasteiger partial charge on any atom is -0.482 e. The normalized spacial score (nSPS) is 16.0. The van der Waals surface area contributed by atoms with Gasteiger partial charge in [0.15, 0.2) is 6.61 Å². The van der Waals surface area contributed by atoms with E-state index in [0.717, 1.165) is 6.42 Å². The Morgan fingerprint density at radius 1 is 1.28 bits per heavy atom. The molecule has 18 heavy (non-hydrogen) atoms. The lowest BCUT2D eigenvalue weighted by atomic mass is 10.3. The molecule has 0 radical (unpaired) electrons. The van der Waals surface area contributed by atoms with Gasteiger partial charge >= 0.3 is 5.97 Å². The van der Waals surface area contributed by atoms with E-state index < -0.39 is 22.6 Å². The fourth-order valence-electron chi connectivity index (χ4n) is 1.53. The zero-order valence-electron chi connectivity index (χ0n) is 9.57. The van der Waals surface area contributed by atoms with Gasteiger partial charge in [-0.05, 0) is 30.7 Å². The Hall–Kier alpha value is -1.60. The number of aliphatic carboxylic acids is 1. The van der Waals surface area contributed by atoms with Crippen molar-refractivity contribution in [2.45, 2.75) is 11.3 Å². The first kappa shape index (κ1) is 12.8. The standard InChI is InChI=1S/C11H13NO5S/c13-11(14)8-17-9-2-4-10(5-3-9)18(15,16)12-6-1-7-12/h2-5H,1,6-8H2,(H,13,14). The minimum absolute atomic E-state index is 0.199. The number of nitrogens with zero attached hydrogens (tertiary/aromatic N) is 1. The van der Waals surface area contributed by atoms with Crippen LogP contribution in [0.25, 0.3) is 0 Å². The first-order valence-corrected chi connectivity index (χ1v) is 6.89. The third-order valence-electron chi connectivity index (χ3n) is 2.64. The lowest BCUT2D eigenvalue weighted by Gasteiger charge is -2.29. The minimum atomic E-state index is -3.39. The number of carboxylic acids is 1. The number of ether oxygens (including phenoxy) is 1. The molecule has 0 aromatic heterocycles. The molecule has 1 aromatic carbocycles. The van der Waals surface area contributed by atoms with E-state index in [-0.39, 0.29) is 4.90 Å². The molecule has 0 bridgehead atoms. The quantitative estimate of drug-likeness (QED) is 0.845. The Labute approximate surface area is 105 Å². The molecule has 2 rings (SSSR count). The van der Waals surface area contributed by atoms with Gasteiger partial charge in [0.2, 0.25) is 10.0 Å². The lowest BCUT2D eigenvalue weighted by Crippen LogP contribution is -2.41. The molecule has 1 aliphatic rings. The summed E-state index contributed by atoms with van der Waals surface area (Å²) in [7, 11) is -3.39. The Bertz CT molecular complexity index is 533. The summed E-state index contributed by atoms with van der Waals surface area (Å²) in [6.45, 7) is 0.664. The third-order valence-corrected chi connectivity index (χ3v) is 4.55. The molecule has 0 aliphatic carbocycles. The average molecular weight is 271 g/mol. The van der Waals surface area contributed by atoms with Gasteiger partial charge in [-0.3, -0.25) is 0 Å². The summed E-state index contributed by atoms with van der Waals surface area (Å²) in [4.78, 5) is 10.5. The summed E-state index contributed by atoms with van der Waals surface area (Å²) in [5.74, 6) is -0.743. The van der Waals surface area contributed by atoms with Gasteiger partial charge in [-0.15, -0.1) is 0 Å². The number of rotatable bonds is 5. The molecule has 1 N–H and O–H groups in total. The molecule has 0 amide bonds. The highest BCUT2D eigenvalue weighted by Gasteiger charge is 2.29. The van der Waals surface area contributed by atoms with E-state index in [1.54, 1.807) is 0 Å². The summed E-state index contributed by atoms with van der Waals surface area (Å²) in [5, 5.41) is 8.44. The molecule has 0 spiro atoms. The fraction of sp³-hybridized carbons (Fsp3) is 0.364. The monoisotopic (exact) mass is 271 g/mol. The van der Waals surface area contributed by atoms with Gasteiger partial charge in [-0.25, -0.2) is 13.2 Å². The van der Waals surface area contributed by atoms with Crippen molar-refractivity contribution < 1.29 is 23.1 Å². The van der Waals surface area contributed by atoms with Crippen molar-refractivity contribution in [2.75, 3.05) is 19.7 Å². The molecule has 1 aromatic rings. The largest absolute Gasteiger partial charge is 0.482 e. The fourth-order valence-corrected chi connectivity index (χ4v) is 3.05. The van der Waals surface area contributed by atoms with Crippen LogP contribution in [0.2, 0.25) is 0 Å². The lowest BCUT2D eigenvalue weighted by molar-refractivity contribution is -0.139. The molecule has 1 aliphatic heterocycles. The van der Waals surface area contributed by atoms with E-state index in [0.29, 0.717) is 18.8 Å². The highest BCUT2D eigenvalue weighted by molar-refractivity contribution is 7.89. The Kier molecular flexibility index (Phi) is 3.53. The van der Waals surface area contributed by atoms with Crippen molar-refractivity contribution >= 4 is 16.0 Å². The highest BCUT2D eigenvalue weighted by Crippen LogP contribution is 2.23. The van der Waals surface area contributed by atoms with Crippen LogP contribution in [0.5, 0.6) is 5.75 Å². The third kappa shape index (κ3) is 2.62. The smallest absolute Gasteiger partial charge is 0.341 e. The Morgan fingerprint density at radius 2 is 1.89 bits per heavy atom. The van der Waals surface area contributed by atoms with Crippen LogP contribution in [-0.2, 0) is 14.8 Å². The summed E-state index contributed by atoms with van der Waals surface area (Å²) in [6.07, 6.45) is 0.888. The average Bonchev–Trinajstić information content (AvgIpc) is 2.24. The predicted molar refractivity (Wildman–Crippen MR) is 62.9 cm³/mol. The molecule has 7 heteroatoms. The van der Waals surface area contributed by atoms with E-state index in [9.17, 15) is 13.2 Å². The number of carbonyl (C=O) groups is 1. The molecule has 6 nitrogen and oxygen atoms in total. The predicted octanol–water partition coefficient (Wildman–Crippen LogP) is 0.544. The van der Waals surface area contributed by atoms with Gasteiger partial charge in [0.1, 0.15) is 5.75 Å². The molecule has 1 saturated heterocycles. The summed E-state index contributed by atoms with van der Waals surface area (Å²) < 4.78 is 30.3. The van der Waals surface area contributed by atoms with Crippen LogP contribution >= 0.6 is 0 Å². The zero-order valence-corrected chi connectivity index (χ0v) is 10.4. The Balaban J connectivity index is 2.09. The number of hydrogen-bond donors (Lipinski definition) is 1. The second-order valence-corrected chi connectivity index (χ2v) is 5.85. The van der Waals surface area contributed by atoms with Crippen LogP contribution in [0.1, 0.15) is 6.42 Å². The Morgan fingerprint density at radius 3 is 2.33 bits per heavy atom. The van der Waals surface area contributed by atoms with Gasteiger partial charge in [0.05, 0.1) is 4.90 Å². The first-order chi connectivity index (χ1) is 8.50. The second kappa shape index (κ2) is 4.95. The van der Waals surface area contributed by atoms with Crippen LogP contribution in [0.3, 0.4) is 0 Å². The molecule has 0 unspecified atom stereocenters. The number of carboxylic acid groups (broad SMARTS) is 1. The summed E-state index contributed by atoms with van der Waals surface area (Å²) in [5.41, 5.74) is 0. The second-order valence-electron chi connectivity index (χ2n) is 3.91. The number of sulfonamides is 1. The highest BCUT2D eigenvalue weighted by atomic mass is 32.2. The van der Waals surface area contributed by atoms with Crippen LogP contribution in [0.15, 0.2) is 29.2 Å². The van der Waals surface area contributed by atoms with E-state index in [4.69, 9.17) is 9.84 Å². The number of hydrogen-bond acceptors (Lipinski definition) is 4. The van der Waals surface area contributed by atoms with Gasteiger partial charge in [0.25, 0.3) is 0 Å². The van der Waals surface area contributed by atoms with E-state index in [1.807, 2.05) is 0 Å². The van der Waals surface area contributed by atoms with Crippen molar-refractivity contribution in [3.05, 3.63) is 24.3 Å². The van der Waals surface area contributed by atoms with Crippen molar-refractivity contribution in [3.63, 3.8) is 0 Å². The zero-order chi connectivity index (χ0) is 13.2. The summed E-state index contributed by atoms with van der Waals surface area (Å²) >= 11 is 0. The van der Waals surface area contributed by atoms with Crippen molar-refractivity contribution in [1.29, 1.82) is 0 Å². The molecule has 98 valence electrons. The van der Waals surface area contributed by atoms with Crippen LogP contribution in [0.4, 0.5) is 0 Å². The molecular weight excluding hydrogens is 258 g/mol. The van der Waals surface area contributed by atoms with E-state index in [1.165, 1.54) is 28.6 Å².